The van der Waals surface area contributed by atoms with Gasteiger partial charge in [-0.25, -0.2) is 0 Å². The molecule has 88 heavy (non-hydrogen) atoms. The summed E-state index contributed by atoms with van der Waals surface area (Å²) < 4.78 is 10.8. The summed E-state index contributed by atoms with van der Waals surface area (Å²) in [5.74, 6) is -0.569. The van der Waals surface area contributed by atoms with E-state index in [1.54, 1.807) is 0 Å². The van der Waals surface area contributed by atoms with E-state index in [9.17, 15) is 14.7 Å². The van der Waals surface area contributed by atoms with Gasteiger partial charge in [0.25, 0.3) is 0 Å². The van der Waals surface area contributed by atoms with Gasteiger partial charge in [0.2, 0.25) is 0 Å². The predicted molar refractivity (Wildman–Crippen MR) is 390 cm³/mol. The summed E-state index contributed by atoms with van der Waals surface area (Å²) in [6.45, 7) is 4.09. The Morgan fingerprint density at radius 3 is 0.739 bits per heavy atom. The number of hydrogen-bond acceptors (Lipinski definition) is 5. The number of esters is 2. The molecule has 0 fully saturated rings. The Labute approximate surface area is 549 Å². The molecule has 5 heteroatoms. The van der Waals surface area contributed by atoms with E-state index in [1.165, 1.54) is 308 Å². The van der Waals surface area contributed by atoms with Crippen LogP contribution in [0.25, 0.3) is 0 Å². The zero-order valence-corrected chi connectivity index (χ0v) is 59.0. The second-order valence-corrected chi connectivity index (χ2v) is 26.4. The average Bonchev–Trinajstić information content (AvgIpc) is 3.54. The number of aliphatic hydroxyl groups excluding tert-OH is 1. The maximum Gasteiger partial charge on any atom is 0.306 e. The van der Waals surface area contributed by atoms with Gasteiger partial charge in [0, 0.05) is 12.8 Å². The molecule has 0 saturated heterocycles. The van der Waals surface area contributed by atoms with Gasteiger partial charge in [0.05, 0.1) is 6.61 Å². The van der Waals surface area contributed by atoms with Crippen LogP contribution in [0.3, 0.4) is 0 Å². The first-order valence-corrected chi connectivity index (χ1v) is 39.1. The summed E-state index contributed by atoms with van der Waals surface area (Å²) in [7, 11) is 0. The largest absolute Gasteiger partial charge is 0.462 e. The van der Waals surface area contributed by atoms with Crippen LogP contribution in [-0.2, 0) is 19.1 Å². The number of allylic oxidation sites excluding steroid dienone is 14. The molecule has 0 saturated carbocycles. The molecule has 1 N–H and O–H groups in total. The minimum absolute atomic E-state index is 0.0620. The van der Waals surface area contributed by atoms with Crippen molar-refractivity contribution in [3.63, 3.8) is 0 Å². The van der Waals surface area contributed by atoms with Crippen LogP contribution in [0.4, 0.5) is 0 Å². The highest BCUT2D eigenvalue weighted by Crippen LogP contribution is 2.20. The van der Waals surface area contributed by atoms with Crippen LogP contribution < -0.4 is 0 Å². The highest BCUT2D eigenvalue weighted by atomic mass is 16.6. The van der Waals surface area contributed by atoms with Crippen LogP contribution in [0.5, 0.6) is 0 Å². The van der Waals surface area contributed by atoms with Crippen molar-refractivity contribution in [2.45, 2.75) is 418 Å². The van der Waals surface area contributed by atoms with Crippen LogP contribution >= 0.6 is 0 Å². The van der Waals surface area contributed by atoms with Crippen LogP contribution in [0.2, 0.25) is 0 Å². The van der Waals surface area contributed by atoms with Crippen molar-refractivity contribution in [1.82, 2.24) is 0 Å². The van der Waals surface area contributed by atoms with Crippen molar-refractivity contribution >= 4 is 11.9 Å². The minimum atomic E-state index is -0.774. The molecule has 0 rings (SSSR count). The summed E-state index contributed by atoms with van der Waals surface area (Å²) >= 11 is 0. The lowest BCUT2D eigenvalue weighted by atomic mass is 10.0. The number of rotatable bonds is 73. The Hall–Kier alpha value is -2.92. The van der Waals surface area contributed by atoms with Crippen molar-refractivity contribution < 1.29 is 24.2 Å². The maximum absolute atomic E-state index is 12.4. The molecule has 0 aromatic rings. The third kappa shape index (κ3) is 75.5. The van der Waals surface area contributed by atoms with E-state index >= 15 is 0 Å². The van der Waals surface area contributed by atoms with E-state index in [2.05, 4.69) is 98.9 Å². The van der Waals surface area contributed by atoms with Crippen molar-refractivity contribution in [3.05, 3.63) is 85.1 Å². The average molecular weight is 1230 g/mol. The second kappa shape index (κ2) is 78.3. The van der Waals surface area contributed by atoms with Crippen LogP contribution in [-0.4, -0.2) is 36.4 Å². The maximum atomic E-state index is 12.4. The Bertz CT molecular complexity index is 1580. The van der Waals surface area contributed by atoms with Crippen molar-refractivity contribution in [3.8, 4) is 0 Å². The number of unbranched alkanes of at least 4 members (excludes halogenated alkanes) is 51. The molecular formula is C83H150O5. The van der Waals surface area contributed by atoms with Crippen LogP contribution in [0, 0.1) is 0 Å². The molecule has 0 heterocycles. The monoisotopic (exact) mass is 1230 g/mol. The van der Waals surface area contributed by atoms with E-state index < -0.39 is 6.10 Å². The zero-order chi connectivity index (χ0) is 63.3. The molecule has 5 nitrogen and oxygen atoms in total. The first kappa shape index (κ1) is 85.1. The molecule has 1 atom stereocenters. The molecule has 0 radical (unpaired) electrons. The lowest BCUT2D eigenvalue weighted by Crippen LogP contribution is -2.28. The molecular weight excluding hydrogens is 1080 g/mol. The fourth-order valence-electron chi connectivity index (χ4n) is 11.9. The van der Waals surface area contributed by atoms with E-state index in [0.29, 0.717) is 12.8 Å². The molecule has 0 spiro atoms. The molecule has 0 amide bonds. The van der Waals surface area contributed by atoms with Gasteiger partial charge in [-0.1, -0.05) is 414 Å². The van der Waals surface area contributed by atoms with Gasteiger partial charge in [-0.3, -0.25) is 9.59 Å². The normalized spacial score (nSPS) is 12.6. The first-order valence-electron chi connectivity index (χ1n) is 39.1. The SMILES string of the molecule is CC/C=C\C/C=C\C/C=C\C/C=C\C/C=C\C/C=C\C/C=C\CCCCCCCCCCCCCCCCCCCC(=O)OC(CO)COC(=O)CCCCCCCCCCCCCCCCCCCCCCCCCCCCCCCCCCCCC. The summed E-state index contributed by atoms with van der Waals surface area (Å²) in [5, 5.41) is 9.73. The highest BCUT2D eigenvalue weighted by molar-refractivity contribution is 5.70. The topological polar surface area (TPSA) is 72.8 Å². The predicted octanol–water partition coefficient (Wildman–Crippen LogP) is 27.6. The van der Waals surface area contributed by atoms with Gasteiger partial charge in [0.15, 0.2) is 6.10 Å². The summed E-state index contributed by atoms with van der Waals surface area (Å²) in [6, 6.07) is 0. The standard InChI is InChI=1S/C83H150O5/c1-3-5-7-9-11-13-15-17-19-21-23-25-27-29-31-33-35-37-39-40-41-42-44-46-48-50-52-54-56-58-60-62-64-66-68-70-72-74-76-78-83(86)88-81(79-84)80-87-82(85)77-75-73-71-69-67-65-63-61-59-57-55-53-51-49-47-45-43-38-36-34-32-30-28-26-24-22-20-18-16-14-12-10-8-6-4-2/h5,7,11,13,17,19,23,25,29,31,35,37,40-41,81,84H,3-4,6,8-10,12,14-16,18,20-22,24,26-28,30,32-34,36,38-39,42-80H2,1-2H3/b7-5-,13-11-,19-17-,25-23-,31-29-,37-35-,41-40-. The quantitative estimate of drug-likeness (QED) is 0.0373. The third-order valence-electron chi connectivity index (χ3n) is 17.7. The highest BCUT2D eigenvalue weighted by Gasteiger charge is 2.16. The van der Waals surface area contributed by atoms with E-state index in [4.69, 9.17) is 9.47 Å². The zero-order valence-electron chi connectivity index (χ0n) is 59.0. The number of carbonyl (C=O) groups is 2. The second-order valence-electron chi connectivity index (χ2n) is 26.4. The van der Waals surface area contributed by atoms with Gasteiger partial charge in [-0.15, -0.1) is 0 Å². The Morgan fingerprint density at radius 1 is 0.273 bits per heavy atom. The van der Waals surface area contributed by atoms with E-state index in [0.717, 1.165) is 77.0 Å². The lowest BCUT2D eigenvalue weighted by Gasteiger charge is -2.15. The van der Waals surface area contributed by atoms with Crippen molar-refractivity contribution in [1.29, 1.82) is 0 Å². The number of carbonyl (C=O) groups excluding carboxylic acids is 2. The molecule has 0 aromatic heterocycles. The molecule has 0 aliphatic heterocycles. The van der Waals surface area contributed by atoms with Crippen LogP contribution in [0.15, 0.2) is 85.1 Å². The summed E-state index contributed by atoms with van der Waals surface area (Å²) in [5.41, 5.74) is 0. The third-order valence-corrected chi connectivity index (χ3v) is 17.7. The molecule has 0 aromatic carbocycles. The number of hydrogen-bond donors (Lipinski definition) is 1. The van der Waals surface area contributed by atoms with Crippen molar-refractivity contribution in [2.75, 3.05) is 13.2 Å². The molecule has 0 bridgehead atoms. The van der Waals surface area contributed by atoms with Gasteiger partial charge >= 0.3 is 11.9 Å². The fraction of sp³-hybridized carbons (Fsp3) is 0.807. The number of ether oxygens (including phenoxy) is 2. The van der Waals surface area contributed by atoms with Crippen molar-refractivity contribution in [2.24, 2.45) is 0 Å². The first-order chi connectivity index (χ1) is 43.6. The summed E-state index contributed by atoms with van der Waals surface area (Å²) in [6.07, 6.45) is 111. The van der Waals surface area contributed by atoms with E-state index in [-0.39, 0.29) is 25.2 Å². The molecule has 1 unspecified atom stereocenters. The lowest BCUT2D eigenvalue weighted by molar-refractivity contribution is -0.161. The Balaban J connectivity index is 3.41. The Kier molecular flexibility index (Phi) is 75.7. The molecule has 512 valence electrons. The van der Waals surface area contributed by atoms with Gasteiger partial charge in [-0.05, 0) is 70.6 Å². The van der Waals surface area contributed by atoms with Crippen LogP contribution in [0.1, 0.15) is 412 Å². The minimum Gasteiger partial charge on any atom is -0.462 e. The fourth-order valence-corrected chi connectivity index (χ4v) is 11.9. The van der Waals surface area contributed by atoms with Gasteiger partial charge in [-0.2, -0.15) is 0 Å². The van der Waals surface area contributed by atoms with Gasteiger partial charge in [0.1, 0.15) is 6.61 Å². The summed E-state index contributed by atoms with van der Waals surface area (Å²) in [4.78, 5) is 24.7. The Morgan fingerprint density at radius 2 is 0.489 bits per heavy atom. The van der Waals surface area contributed by atoms with E-state index in [1.807, 2.05) is 0 Å². The van der Waals surface area contributed by atoms with Gasteiger partial charge < -0.3 is 14.6 Å². The smallest absolute Gasteiger partial charge is 0.306 e. The molecule has 0 aliphatic rings. The molecule has 0 aliphatic carbocycles. The number of aliphatic hydroxyl groups is 1.